The van der Waals surface area contributed by atoms with Gasteiger partial charge in [-0.25, -0.2) is 13.1 Å². The van der Waals surface area contributed by atoms with Crippen LogP contribution < -0.4 is 4.72 Å². The number of hydrogen-bond acceptors (Lipinski definition) is 6. The minimum absolute atomic E-state index is 0.0265. The third-order valence-corrected chi connectivity index (χ3v) is 11.1. The Morgan fingerprint density at radius 2 is 1.76 bits per heavy atom. The van der Waals surface area contributed by atoms with Crippen LogP contribution in [-0.2, 0) is 10.0 Å². The molecule has 4 aromatic rings. The number of benzene rings is 4. The summed E-state index contributed by atoms with van der Waals surface area (Å²) in [4.78, 5) is 29.0. The molecule has 0 radical (unpaired) electrons. The van der Waals surface area contributed by atoms with Crippen molar-refractivity contribution < 1.29 is 18.1 Å². The molecule has 1 atom stereocenters. The summed E-state index contributed by atoms with van der Waals surface area (Å²) < 4.78 is 27.7. The number of nitrogens with zero attached hydrogens (tertiary/aromatic N) is 3. The summed E-state index contributed by atoms with van der Waals surface area (Å²) >= 11 is 12.6. The second kappa shape index (κ2) is 14.5. The molecule has 0 aliphatic carbocycles. The van der Waals surface area contributed by atoms with Gasteiger partial charge in [0.05, 0.1) is 19.9 Å². The van der Waals surface area contributed by atoms with Gasteiger partial charge >= 0.3 is 0 Å². The number of fused-ring (bicyclic) bond motifs is 1. The van der Waals surface area contributed by atoms with E-state index in [0.717, 1.165) is 50.0 Å². The number of likely N-dealkylation sites (tertiary alicyclic amines) is 1. The molecule has 1 heterocycles. The fourth-order valence-electron chi connectivity index (χ4n) is 6.30. The van der Waals surface area contributed by atoms with E-state index in [1.165, 1.54) is 19.2 Å². The highest BCUT2D eigenvalue weighted by atomic mass is 35.5. The van der Waals surface area contributed by atoms with Gasteiger partial charge in [-0.2, -0.15) is 0 Å². The van der Waals surface area contributed by atoms with E-state index in [1.54, 1.807) is 54.4 Å². The maximum atomic E-state index is 13.7. The van der Waals surface area contributed by atoms with Crippen LogP contribution in [0.2, 0.25) is 10.0 Å². The Bertz CT molecular complexity index is 1860. The van der Waals surface area contributed by atoms with Gasteiger partial charge in [0.1, 0.15) is 0 Å². The predicted molar refractivity (Wildman–Crippen MR) is 182 cm³/mol. The van der Waals surface area contributed by atoms with Gasteiger partial charge < -0.3 is 9.80 Å². The zero-order valence-corrected chi connectivity index (χ0v) is 28.0. The molecule has 0 unspecified atom stereocenters. The molecule has 5 rings (SSSR count). The molecule has 1 N–H and O–H groups in total. The molecule has 4 aromatic carbocycles. The Morgan fingerprint density at radius 3 is 2.46 bits per heavy atom. The van der Waals surface area contributed by atoms with Gasteiger partial charge in [-0.3, -0.25) is 14.9 Å². The first-order valence-corrected chi connectivity index (χ1v) is 17.3. The van der Waals surface area contributed by atoms with Crippen LogP contribution in [0, 0.1) is 10.1 Å². The number of rotatable bonds is 11. The molecular weight excluding hydrogens is 647 g/mol. The van der Waals surface area contributed by atoms with E-state index < -0.39 is 14.9 Å². The number of amides is 1. The molecule has 46 heavy (non-hydrogen) atoms. The van der Waals surface area contributed by atoms with Crippen LogP contribution in [0.3, 0.4) is 0 Å². The number of nitro groups is 1. The van der Waals surface area contributed by atoms with Crippen molar-refractivity contribution >= 4 is 55.6 Å². The lowest BCUT2D eigenvalue weighted by atomic mass is 9.88. The lowest BCUT2D eigenvalue weighted by Gasteiger charge is -2.34. The monoisotopic (exact) mass is 682 g/mol. The van der Waals surface area contributed by atoms with E-state index >= 15 is 0 Å². The number of nitrogens with one attached hydrogen (secondary N) is 1. The average molecular weight is 684 g/mol. The first-order valence-electron chi connectivity index (χ1n) is 15.1. The highest BCUT2D eigenvalue weighted by molar-refractivity contribution is 7.89. The molecule has 1 aliphatic rings. The number of halogens is 2. The normalized spacial score (nSPS) is 15.1. The van der Waals surface area contributed by atoms with E-state index in [-0.39, 0.29) is 23.4 Å². The third kappa shape index (κ3) is 7.53. The number of hydrogen-bond donors (Lipinski definition) is 1. The fraction of sp³-hybridized carbons (Fsp3) is 0.324. The molecule has 12 heteroatoms. The lowest BCUT2D eigenvalue weighted by Crippen LogP contribution is -2.36. The number of likely N-dealkylation sites (N-methyl/N-ethyl adjacent to an activating group) is 1. The van der Waals surface area contributed by atoms with E-state index in [2.05, 4.69) is 9.62 Å². The van der Waals surface area contributed by atoms with Gasteiger partial charge in [-0.15, -0.1) is 0 Å². The Morgan fingerprint density at radius 1 is 1.02 bits per heavy atom. The maximum absolute atomic E-state index is 13.7. The molecule has 9 nitrogen and oxygen atoms in total. The fourth-order valence-corrected chi connectivity index (χ4v) is 7.63. The minimum atomic E-state index is -3.55. The van der Waals surface area contributed by atoms with Crippen LogP contribution in [0.25, 0.3) is 10.8 Å². The van der Waals surface area contributed by atoms with Crippen molar-refractivity contribution in [1.82, 2.24) is 14.5 Å². The van der Waals surface area contributed by atoms with Crippen molar-refractivity contribution in [1.29, 1.82) is 0 Å². The summed E-state index contributed by atoms with van der Waals surface area (Å²) in [6.45, 7) is 2.85. The molecule has 1 fully saturated rings. The summed E-state index contributed by atoms with van der Waals surface area (Å²) in [7, 11) is -0.356. The lowest BCUT2D eigenvalue weighted by molar-refractivity contribution is -0.384. The third-order valence-electron chi connectivity index (χ3n) is 8.86. The quantitative estimate of drug-likeness (QED) is 0.134. The maximum Gasteiger partial charge on any atom is 0.270 e. The zero-order chi connectivity index (χ0) is 33.0. The largest absolute Gasteiger partial charge is 0.341 e. The van der Waals surface area contributed by atoms with Gasteiger partial charge in [0.25, 0.3) is 11.6 Å². The van der Waals surface area contributed by atoms with Crippen LogP contribution in [0.5, 0.6) is 0 Å². The van der Waals surface area contributed by atoms with Crippen LogP contribution in [0.15, 0.2) is 83.8 Å². The summed E-state index contributed by atoms with van der Waals surface area (Å²) in [6.07, 6.45) is 2.43. The molecule has 0 saturated carbocycles. The van der Waals surface area contributed by atoms with Crippen LogP contribution >= 0.6 is 23.2 Å². The smallest absolute Gasteiger partial charge is 0.270 e. The minimum Gasteiger partial charge on any atom is -0.341 e. The number of carbonyl (C=O) groups excluding carboxylic acids is 1. The second-order valence-corrected chi connectivity index (χ2v) is 14.3. The van der Waals surface area contributed by atoms with Crippen molar-refractivity contribution in [3.8, 4) is 0 Å². The van der Waals surface area contributed by atoms with Gasteiger partial charge in [-0.1, -0.05) is 59.6 Å². The summed E-state index contributed by atoms with van der Waals surface area (Å²) in [5, 5.41) is 13.5. The van der Waals surface area contributed by atoms with E-state index in [4.69, 9.17) is 23.2 Å². The van der Waals surface area contributed by atoms with Crippen LogP contribution in [-0.4, -0.2) is 69.3 Å². The van der Waals surface area contributed by atoms with Crippen molar-refractivity contribution in [3.63, 3.8) is 0 Å². The standard InChI is InChI=1S/C34H36Cl2N4O5S/c1-37-46(44,45)33-9-4-3-7-29(33)23-14-17-39(18-15-23)19-16-26(24-10-13-31(35)32(36)21-24)22-38(2)34(41)30-8-5-6-25-20-27(40(42)43)11-12-28(25)30/h3-13,20-21,23,26,37H,14-19,22H2,1-2H3/t26-/m1/s1. The second-order valence-electron chi connectivity index (χ2n) is 11.7. The number of carbonyl (C=O) groups is 1. The number of nitro benzene ring substituents is 1. The number of sulfonamides is 1. The first kappa shape index (κ1) is 33.8. The highest BCUT2D eigenvalue weighted by Gasteiger charge is 2.27. The van der Waals surface area contributed by atoms with Crippen molar-refractivity contribution in [2.75, 3.05) is 40.3 Å². The topological polar surface area (TPSA) is 113 Å². The van der Waals surface area contributed by atoms with E-state index in [0.29, 0.717) is 37.8 Å². The molecular formula is C34H36Cl2N4O5S. The SMILES string of the molecule is CNS(=O)(=O)c1ccccc1C1CCN(CC[C@H](CN(C)C(=O)c2cccc3cc([N+](=O)[O-])ccc23)c2ccc(Cl)c(Cl)c2)CC1. The van der Waals surface area contributed by atoms with Gasteiger partial charge in [0.2, 0.25) is 10.0 Å². The van der Waals surface area contributed by atoms with Gasteiger partial charge in [0, 0.05) is 37.2 Å². The van der Waals surface area contributed by atoms with Crippen molar-refractivity contribution in [3.05, 3.63) is 116 Å². The van der Waals surface area contributed by atoms with Crippen LogP contribution in [0.1, 0.15) is 52.6 Å². The summed E-state index contributed by atoms with van der Waals surface area (Å²) in [5.74, 6) is -0.0770. The molecule has 1 aliphatic heterocycles. The average Bonchev–Trinajstić information content (AvgIpc) is 3.07. The Kier molecular flexibility index (Phi) is 10.6. The number of non-ortho nitro benzene ring substituents is 1. The molecule has 1 saturated heterocycles. The highest BCUT2D eigenvalue weighted by Crippen LogP contribution is 2.34. The Hall–Kier alpha value is -3.54. The molecule has 242 valence electrons. The summed E-state index contributed by atoms with van der Waals surface area (Å²) in [5.41, 5.74) is 2.28. The Labute approximate surface area is 279 Å². The zero-order valence-electron chi connectivity index (χ0n) is 25.7. The van der Waals surface area contributed by atoms with Gasteiger partial charge in [-0.05, 0) is 104 Å². The molecule has 0 bridgehead atoms. The summed E-state index contributed by atoms with van der Waals surface area (Å²) in [6, 6.07) is 22.5. The van der Waals surface area contributed by atoms with Crippen LogP contribution in [0.4, 0.5) is 5.69 Å². The van der Waals surface area contributed by atoms with Crippen molar-refractivity contribution in [2.24, 2.45) is 0 Å². The Balaban J connectivity index is 1.30. The number of piperidine rings is 1. The van der Waals surface area contributed by atoms with Gasteiger partial charge in [0.15, 0.2) is 0 Å². The predicted octanol–water partition coefficient (Wildman–Crippen LogP) is 7.09. The van der Waals surface area contributed by atoms with E-state index in [1.807, 2.05) is 24.3 Å². The first-order chi connectivity index (χ1) is 22.0. The molecule has 0 aromatic heterocycles. The molecule has 0 spiro atoms. The van der Waals surface area contributed by atoms with Crippen molar-refractivity contribution in [2.45, 2.75) is 36.0 Å². The molecule has 1 amide bonds. The van der Waals surface area contributed by atoms with E-state index in [9.17, 15) is 23.3 Å².